The highest BCUT2D eigenvalue weighted by atomic mass is 15.2. The van der Waals surface area contributed by atoms with Crippen molar-refractivity contribution in [1.82, 2.24) is 14.8 Å². The predicted molar refractivity (Wildman–Crippen MR) is 89.6 cm³/mol. The normalized spacial score (nSPS) is 17.3. The number of nitrogens with zero attached hydrogens (tertiary/aromatic N) is 3. The van der Waals surface area contributed by atoms with Gasteiger partial charge in [-0.05, 0) is 57.6 Å². The first-order valence-corrected chi connectivity index (χ1v) is 8.34. The standard InChI is InChI=1S/C17H30N4/c1-4-10-18-17-7-6-15(13-19-17)14-20(3)16-8-11-21(5-2)12-9-16/h6-7,13,16H,4-5,8-12,14H2,1-3H3,(H,18,19). The first kappa shape index (κ1) is 16.2. The highest BCUT2D eigenvalue weighted by Gasteiger charge is 2.21. The van der Waals surface area contributed by atoms with E-state index in [4.69, 9.17) is 0 Å². The monoisotopic (exact) mass is 290 g/mol. The van der Waals surface area contributed by atoms with Gasteiger partial charge in [0.25, 0.3) is 0 Å². The Labute approximate surface area is 129 Å². The molecule has 4 nitrogen and oxygen atoms in total. The Morgan fingerprint density at radius 2 is 2.05 bits per heavy atom. The molecular weight excluding hydrogens is 260 g/mol. The first-order valence-electron chi connectivity index (χ1n) is 8.34. The van der Waals surface area contributed by atoms with Crippen LogP contribution in [0.3, 0.4) is 0 Å². The highest BCUT2D eigenvalue weighted by Crippen LogP contribution is 2.17. The fourth-order valence-electron chi connectivity index (χ4n) is 2.97. The van der Waals surface area contributed by atoms with Crippen molar-refractivity contribution in [3.05, 3.63) is 23.9 Å². The van der Waals surface area contributed by atoms with Crippen LogP contribution in [0, 0.1) is 0 Å². The lowest BCUT2D eigenvalue weighted by Gasteiger charge is -2.36. The van der Waals surface area contributed by atoms with Crippen molar-refractivity contribution in [3.8, 4) is 0 Å². The summed E-state index contributed by atoms with van der Waals surface area (Å²) in [6.07, 6.45) is 5.71. The van der Waals surface area contributed by atoms with Gasteiger partial charge in [0.05, 0.1) is 0 Å². The van der Waals surface area contributed by atoms with Gasteiger partial charge in [-0.3, -0.25) is 4.90 Å². The molecule has 4 heteroatoms. The highest BCUT2D eigenvalue weighted by molar-refractivity contribution is 5.35. The van der Waals surface area contributed by atoms with Crippen molar-refractivity contribution < 1.29 is 0 Å². The maximum absolute atomic E-state index is 4.49. The predicted octanol–water partition coefficient (Wildman–Crippen LogP) is 2.82. The largest absolute Gasteiger partial charge is 0.370 e. The van der Waals surface area contributed by atoms with Gasteiger partial charge >= 0.3 is 0 Å². The van der Waals surface area contributed by atoms with Crippen LogP contribution in [0.2, 0.25) is 0 Å². The number of aromatic nitrogens is 1. The summed E-state index contributed by atoms with van der Waals surface area (Å²) in [4.78, 5) is 9.52. The Hall–Kier alpha value is -1.13. The van der Waals surface area contributed by atoms with Crippen LogP contribution in [0.4, 0.5) is 5.82 Å². The summed E-state index contributed by atoms with van der Waals surface area (Å²) in [7, 11) is 2.25. The molecule has 2 rings (SSSR count). The van der Waals surface area contributed by atoms with Crippen LogP contribution in [0.1, 0.15) is 38.7 Å². The van der Waals surface area contributed by atoms with Crippen molar-refractivity contribution in [2.75, 3.05) is 38.5 Å². The maximum Gasteiger partial charge on any atom is 0.125 e. The molecule has 0 atom stereocenters. The molecule has 0 bridgehead atoms. The second kappa shape index (κ2) is 8.35. The fourth-order valence-corrected chi connectivity index (χ4v) is 2.97. The summed E-state index contributed by atoms with van der Waals surface area (Å²) < 4.78 is 0. The van der Waals surface area contributed by atoms with Gasteiger partial charge in [-0.25, -0.2) is 4.98 Å². The summed E-state index contributed by atoms with van der Waals surface area (Å²) >= 11 is 0. The van der Waals surface area contributed by atoms with Crippen LogP contribution in [0.5, 0.6) is 0 Å². The minimum Gasteiger partial charge on any atom is -0.370 e. The molecule has 1 aromatic heterocycles. The summed E-state index contributed by atoms with van der Waals surface area (Å²) in [5.74, 6) is 0.986. The second-order valence-corrected chi connectivity index (χ2v) is 6.06. The third kappa shape index (κ3) is 4.97. The molecule has 0 radical (unpaired) electrons. The van der Waals surface area contributed by atoms with E-state index in [-0.39, 0.29) is 0 Å². The zero-order chi connectivity index (χ0) is 15.1. The molecule has 0 spiro atoms. The van der Waals surface area contributed by atoms with Crippen molar-refractivity contribution in [1.29, 1.82) is 0 Å². The van der Waals surface area contributed by atoms with E-state index in [1.54, 1.807) is 0 Å². The zero-order valence-electron chi connectivity index (χ0n) is 13.8. The minimum atomic E-state index is 0.714. The number of piperidine rings is 1. The van der Waals surface area contributed by atoms with E-state index in [9.17, 15) is 0 Å². The summed E-state index contributed by atoms with van der Waals surface area (Å²) in [6.45, 7) is 10.1. The summed E-state index contributed by atoms with van der Waals surface area (Å²) in [5, 5.41) is 3.32. The number of hydrogen-bond acceptors (Lipinski definition) is 4. The molecule has 0 aliphatic carbocycles. The molecule has 1 aliphatic heterocycles. The second-order valence-electron chi connectivity index (χ2n) is 6.06. The molecule has 1 saturated heterocycles. The average Bonchev–Trinajstić information content (AvgIpc) is 2.54. The molecule has 1 aliphatic rings. The Kier molecular flexibility index (Phi) is 6.46. The van der Waals surface area contributed by atoms with Crippen molar-refractivity contribution in [3.63, 3.8) is 0 Å². The number of hydrogen-bond donors (Lipinski definition) is 1. The van der Waals surface area contributed by atoms with E-state index in [0.29, 0.717) is 6.04 Å². The SMILES string of the molecule is CCCNc1ccc(CN(C)C2CCN(CC)CC2)cn1. The lowest BCUT2D eigenvalue weighted by Crippen LogP contribution is -2.42. The van der Waals surface area contributed by atoms with E-state index in [1.165, 1.54) is 38.0 Å². The van der Waals surface area contributed by atoms with Gasteiger partial charge in [-0.1, -0.05) is 19.9 Å². The van der Waals surface area contributed by atoms with Gasteiger partial charge in [-0.2, -0.15) is 0 Å². The third-order valence-corrected chi connectivity index (χ3v) is 4.44. The Balaban J connectivity index is 1.81. The molecule has 0 aromatic carbocycles. The Morgan fingerprint density at radius 1 is 1.29 bits per heavy atom. The first-order chi connectivity index (χ1) is 10.2. The quantitative estimate of drug-likeness (QED) is 0.837. The number of anilines is 1. The van der Waals surface area contributed by atoms with Gasteiger partial charge < -0.3 is 10.2 Å². The molecule has 1 aromatic rings. The molecule has 0 saturated carbocycles. The molecule has 0 amide bonds. The number of pyridine rings is 1. The topological polar surface area (TPSA) is 31.4 Å². The van der Waals surface area contributed by atoms with Crippen molar-refractivity contribution in [2.24, 2.45) is 0 Å². The molecule has 118 valence electrons. The third-order valence-electron chi connectivity index (χ3n) is 4.44. The summed E-state index contributed by atoms with van der Waals surface area (Å²) in [5.41, 5.74) is 1.30. The van der Waals surface area contributed by atoms with Crippen molar-refractivity contribution >= 4 is 5.82 Å². The number of nitrogens with one attached hydrogen (secondary N) is 1. The number of likely N-dealkylation sites (tertiary alicyclic amines) is 1. The van der Waals surface area contributed by atoms with Crippen LogP contribution in [0.15, 0.2) is 18.3 Å². The van der Waals surface area contributed by atoms with Crippen LogP contribution >= 0.6 is 0 Å². The maximum atomic E-state index is 4.49. The van der Waals surface area contributed by atoms with E-state index in [2.05, 4.69) is 53.1 Å². The van der Waals surface area contributed by atoms with E-state index < -0.39 is 0 Å². The van der Waals surface area contributed by atoms with E-state index >= 15 is 0 Å². The van der Waals surface area contributed by atoms with Crippen molar-refractivity contribution in [2.45, 2.75) is 45.7 Å². The lowest BCUT2D eigenvalue weighted by molar-refractivity contribution is 0.127. The van der Waals surface area contributed by atoms with Gasteiger partial charge in [0, 0.05) is 25.3 Å². The van der Waals surface area contributed by atoms with E-state index in [1.807, 2.05) is 6.20 Å². The minimum absolute atomic E-state index is 0.714. The van der Waals surface area contributed by atoms with Crippen LogP contribution in [-0.4, -0.2) is 54.1 Å². The molecule has 1 fully saturated rings. The molecule has 21 heavy (non-hydrogen) atoms. The van der Waals surface area contributed by atoms with Crippen LogP contribution < -0.4 is 5.32 Å². The fraction of sp³-hybridized carbons (Fsp3) is 0.706. The molecule has 0 unspecified atom stereocenters. The lowest BCUT2D eigenvalue weighted by atomic mass is 10.0. The zero-order valence-corrected chi connectivity index (χ0v) is 13.8. The summed E-state index contributed by atoms with van der Waals surface area (Å²) in [6, 6.07) is 5.01. The Morgan fingerprint density at radius 3 is 2.62 bits per heavy atom. The number of rotatable bonds is 7. The van der Waals surface area contributed by atoms with Crippen LogP contribution in [-0.2, 0) is 6.54 Å². The van der Waals surface area contributed by atoms with Gasteiger partial charge in [0.2, 0.25) is 0 Å². The Bertz CT molecular complexity index is 396. The van der Waals surface area contributed by atoms with E-state index in [0.717, 1.165) is 25.3 Å². The van der Waals surface area contributed by atoms with Gasteiger partial charge in [-0.15, -0.1) is 0 Å². The smallest absolute Gasteiger partial charge is 0.125 e. The molecular formula is C17H30N4. The molecule has 2 heterocycles. The van der Waals surface area contributed by atoms with Gasteiger partial charge in [0.15, 0.2) is 0 Å². The van der Waals surface area contributed by atoms with Gasteiger partial charge in [0.1, 0.15) is 5.82 Å². The molecule has 1 N–H and O–H groups in total. The van der Waals surface area contributed by atoms with Crippen LogP contribution in [0.25, 0.3) is 0 Å². The average molecular weight is 290 g/mol.